The van der Waals surface area contributed by atoms with Gasteiger partial charge in [0.2, 0.25) is 21.8 Å². The molecule has 1 N–H and O–H groups in total. The van der Waals surface area contributed by atoms with Crippen LogP contribution in [0.25, 0.3) is 0 Å². The molecule has 2 aromatic carbocycles. The molecule has 0 fully saturated rings. The second kappa shape index (κ2) is 14.2. The second-order valence-electron chi connectivity index (χ2n) is 9.62. The minimum atomic E-state index is -3.58. The van der Waals surface area contributed by atoms with Crippen molar-refractivity contribution >= 4 is 50.7 Å². The van der Waals surface area contributed by atoms with E-state index in [1.165, 1.54) is 9.21 Å². The fourth-order valence-corrected chi connectivity index (χ4v) is 5.74. The maximum absolute atomic E-state index is 13.6. The first-order valence-electron chi connectivity index (χ1n) is 12.9. The molecule has 0 aliphatic rings. The van der Waals surface area contributed by atoms with Crippen LogP contribution < -0.4 is 9.62 Å². The lowest BCUT2D eigenvalue weighted by Crippen LogP contribution is -2.50. The number of benzene rings is 2. The lowest BCUT2D eigenvalue weighted by Gasteiger charge is -2.32. The average Bonchev–Trinajstić information content (AvgIpc) is 2.84. The van der Waals surface area contributed by atoms with Crippen molar-refractivity contribution in [2.24, 2.45) is 0 Å². The van der Waals surface area contributed by atoms with E-state index >= 15 is 0 Å². The summed E-state index contributed by atoms with van der Waals surface area (Å²) in [6.07, 6.45) is 2.64. The van der Waals surface area contributed by atoms with Crippen LogP contribution in [0, 0.1) is 13.8 Å². The summed E-state index contributed by atoms with van der Waals surface area (Å²) in [6, 6.07) is 9.85. The van der Waals surface area contributed by atoms with E-state index in [1.54, 1.807) is 24.3 Å². The van der Waals surface area contributed by atoms with Crippen LogP contribution in [0.1, 0.15) is 63.1 Å². The molecule has 0 unspecified atom stereocenters. The van der Waals surface area contributed by atoms with Crippen LogP contribution in [-0.2, 0) is 26.2 Å². The number of rotatable bonds is 13. The second-order valence-corrected chi connectivity index (χ2v) is 12.3. The first-order valence-corrected chi connectivity index (χ1v) is 15.5. The van der Waals surface area contributed by atoms with E-state index in [0.717, 1.165) is 23.8 Å². The van der Waals surface area contributed by atoms with Crippen molar-refractivity contribution in [1.29, 1.82) is 0 Å². The Hall–Kier alpha value is -2.29. The van der Waals surface area contributed by atoms with Crippen LogP contribution in [-0.4, -0.2) is 50.0 Å². The molecule has 7 nitrogen and oxygen atoms in total. The van der Waals surface area contributed by atoms with Crippen molar-refractivity contribution in [3.05, 3.63) is 63.1 Å². The number of nitrogens with zero attached hydrogens (tertiary/aromatic N) is 2. The van der Waals surface area contributed by atoms with E-state index in [0.29, 0.717) is 27.7 Å². The Morgan fingerprint density at radius 3 is 2.16 bits per heavy atom. The molecule has 0 radical (unpaired) electrons. The summed E-state index contributed by atoms with van der Waals surface area (Å²) in [5.41, 5.74) is 3.01. The summed E-state index contributed by atoms with van der Waals surface area (Å²) >= 11 is 12.8. The van der Waals surface area contributed by atoms with Gasteiger partial charge >= 0.3 is 0 Å². The van der Waals surface area contributed by atoms with Crippen molar-refractivity contribution in [2.45, 2.75) is 78.9 Å². The summed E-state index contributed by atoms with van der Waals surface area (Å²) in [5, 5.41) is 3.79. The third-order valence-corrected chi connectivity index (χ3v) is 8.66. The highest BCUT2D eigenvalue weighted by Crippen LogP contribution is 2.28. The molecule has 2 amide bonds. The number of halogens is 2. The molecule has 38 heavy (non-hydrogen) atoms. The number of carbonyl (C=O) groups excluding carboxylic acids is 2. The van der Waals surface area contributed by atoms with Gasteiger partial charge in [0.15, 0.2) is 0 Å². The maximum Gasteiger partial charge on any atom is 0.243 e. The molecule has 0 heterocycles. The number of amides is 2. The quantitative estimate of drug-likeness (QED) is 0.319. The summed E-state index contributed by atoms with van der Waals surface area (Å²) < 4.78 is 26.6. The molecule has 2 rings (SSSR count). The maximum atomic E-state index is 13.6. The number of aryl methyl sites for hydroxylation is 1. The fraction of sp³-hybridized carbons (Fsp3) is 0.500. The third kappa shape index (κ3) is 8.35. The Balaban J connectivity index is 2.32. The largest absolute Gasteiger partial charge is 0.352 e. The van der Waals surface area contributed by atoms with Gasteiger partial charge in [0.1, 0.15) is 6.04 Å². The summed E-state index contributed by atoms with van der Waals surface area (Å²) in [4.78, 5) is 28.3. The predicted molar refractivity (Wildman–Crippen MR) is 156 cm³/mol. The molecule has 0 saturated carbocycles. The lowest BCUT2D eigenvalue weighted by atomic mass is 10.1. The van der Waals surface area contributed by atoms with Crippen molar-refractivity contribution in [3.8, 4) is 0 Å². The van der Waals surface area contributed by atoms with Gasteiger partial charge in [-0.1, -0.05) is 55.2 Å². The molecule has 0 aliphatic carbocycles. The number of nitrogens with one attached hydrogen (secondary N) is 1. The van der Waals surface area contributed by atoms with E-state index in [9.17, 15) is 18.0 Å². The van der Waals surface area contributed by atoms with Gasteiger partial charge < -0.3 is 10.2 Å². The minimum Gasteiger partial charge on any atom is -0.352 e. The summed E-state index contributed by atoms with van der Waals surface area (Å²) in [7, 11) is -3.58. The SMILES string of the molecule is CC[C@H](C)NC(=O)[C@H](CC)N(Cc1c(Cl)cccc1Cl)C(=O)CCCN(c1cccc(C)c1C)S(C)(=O)=O. The normalized spacial score (nSPS) is 13.1. The van der Waals surface area contributed by atoms with E-state index in [2.05, 4.69) is 5.32 Å². The first kappa shape index (κ1) is 31.9. The minimum absolute atomic E-state index is 0.0432. The van der Waals surface area contributed by atoms with Crippen LogP contribution in [0.5, 0.6) is 0 Å². The van der Waals surface area contributed by atoms with Crippen LogP contribution in [0.2, 0.25) is 10.0 Å². The van der Waals surface area contributed by atoms with Crippen LogP contribution in [0.15, 0.2) is 36.4 Å². The summed E-state index contributed by atoms with van der Waals surface area (Å²) in [5.74, 6) is -0.520. The third-order valence-electron chi connectivity index (χ3n) is 6.77. The molecule has 210 valence electrons. The lowest BCUT2D eigenvalue weighted by molar-refractivity contribution is -0.141. The molecule has 0 saturated heterocycles. The Bertz CT molecular complexity index is 1220. The molecule has 0 bridgehead atoms. The summed E-state index contributed by atoms with van der Waals surface area (Å²) in [6.45, 7) is 9.74. The molecule has 0 spiro atoms. The predicted octanol–water partition coefficient (Wildman–Crippen LogP) is 5.88. The van der Waals surface area contributed by atoms with Crippen molar-refractivity contribution < 1.29 is 18.0 Å². The van der Waals surface area contributed by atoms with Gasteiger partial charge in [0, 0.05) is 41.2 Å². The topological polar surface area (TPSA) is 86.8 Å². The number of sulfonamides is 1. The first-order chi connectivity index (χ1) is 17.8. The van der Waals surface area contributed by atoms with Crippen molar-refractivity contribution in [3.63, 3.8) is 0 Å². The number of hydrogen-bond donors (Lipinski definition) is 1. The molecular weight excluding hydrogens is 545 g/mol. The van der Waals surface area contributed by atoms with Crippen molar-refractivity contribution in [2.75, 3.05) is 17.1 Å². The highest BCUT2D eigenvalue weighted by Gasteiger charge is 2.30. The van der Waals surface area contributed by atoms with Gasteiger partial charge in [-0.3, -0.25) is 13.9 Å². The molecule has 0 aromatic heterocycles. The Morgan fingerprint density at radius 1 is 1.00 bits per heavy atom. The Kier molecular flexibility index (Phi) is 11.9. The molecule has 10 heteroatoms. The molecule has 0 aliphatic heterocycles. The highest BCUT2D eigenvalue weighted by molar-refractivity contribution is 7.92. The zero-order valence-electron chi connectivity index (χ0n) is 23.1. The zero-order valence-corrected chi connectivity index (χ0v) is 25.4. The van der Waals surface area contributed by atoms with E-state index in [-0.39, 0.29) is 43.8 Å². The van der Waals surface area contributed by atoms with E-state index in [4.69, 9.17) is 23.2 Å². The number of anilines is 1. The van der Waals surface area contributed by atoms with E-state index in [1.807, 2.05) is 46.8 Å². The smallest absolute Gasteiger partial charge is 0.243 e. The monoisotopic (exact) mass is 583 g/mol. The van der Waals surface area contributed by atoms with Crippen LogP contribution in [0.3, 0.4) is 0 Å². The zero-order chi connectivity index (χ0) is 28.6. The Labute approximate surface area is 237 Å². The average molecular weight is 585 g/mol. The number of hydrogen-bond acceptors (Lipinski definition) is 4. The molecule has 2 atom stereocenters. The van der Waals surface area contributed by atoms with Gasteiger partial charge in [-0.15, -0.1) is 0 Å². The van der Waals surface area contributed by atoms with Gasteiger partial charge in [-0.25, -0.2) is 8.42 Å². The van der Waals surface area contributed by atoms with Gasteiger partial charge in [0.25, 0.3) is 0 Å². The van der Waals surface area contributed by atoms with Crippen molar-refractivity contribution in [1.82, 2.24) is 10.2 Å². The number of carbonyl (C=O) groups is 2. The fourth-order valence-electron chi connectivity index (χ4n) is 4.20. The van der Waals surface area contributed by atoms with Crippen LogP contribution in [0.4, 0.5) is 5.69 Å². The highest BCUT2D eigenvalue weighted by atomic mass is 35.5. The van der Waals surface area contributed by atoms with Gasteiger partial charge in [0.05, 0.1) is 11.9 Å². The van der Waals surface area contributed by atoms with Gasteiger partial charge in [-0.2, -0.15) is 0 Å². The van der Waals surface area contributed by atoms with Gasteiger partial charge in [-0.05, 0) is 69.4 Å². The standard InChI is InChI=1S/C28H39Cl2N3O4S/c1-7-20(4)31-28(35)25(8-2)32(18-22-23(29)13-10-14-24(22)30)27(34)16-11-17-33(38(6,36)37)26-15-9-12-19(3)21(26)5/h9-10,12-15,20,25H,7-8,11,16-18H2,1-6H3,(H,31,35)/t20-,25-/m0/s1. The Morgan fingerprint density at radius 2 is 1.61 bits per heavy atom. The van der Waals surface area contributed by atoms with E-state index < -0.39 is 16.1 Å². The molecule has 2 aromatic rings. The van der Waals surface area contributed by atoms with Crippen LogP contribution >= 0.6 is 23.2 Å². The molecular formula is C28H39Cl2N3O4S.